The fraction of sp³-hybridized carbons (Fsp3) is 0.500. The van der Waals surface area contributed by atoms with Crippen LogP contribution in [0.4, 0.5) is 5.69 Å². The molecular formula is C20H26N4O3S. The smallest absolute Gasteiger partial charge is 0.235 e. The number of piperidine rings is 1. The van der Waals surface area contributed by atoms with Crippen molar-refractivity contribution >= 4 is 21.4 Å². The summed E-state index contributed by atoms with van der Waals surface area (Å²) in [6, 6.07) is 8.26. The van der Waals surface area contributed by atoms with Gasteiger partial charge in [-0.05, 0) is 31.4 Å². The summed E-state index contributed by atoms with van der Waals surface area (Å²) in [5.74, 6) is 0.208. The third-order valence-electron chi connectivity index (χ3n) is 5.98. The molecule has 1 spiro atoms. The molecule has 0 saturated carbocycles. The Hall–Kier alpha value is -2.19. The SMILES string of the molecule is CC1CC2(CCN1Cc1cnn(CCS(C)(=O)=O)c1)C(=O)Nc1ccccc12. The first kappa shape index (κ1) is 19.1. The standard InChI is InChI=1S/C20H26N4O3S/c1-15-11-20(17-5-3-4-6-18(17)22-19(20)25)7-8-23(15)13-16-12-21-24(14-16)9-10-28(2,26)27/h3-6,12,14-15H,7-11,13H2,1-2H3,(H,22,25). The van der Waals surface area contributed by atoms with Gasteiger partial charge in [-0.2, -0.15) is 5.10 Å². The molecule has 8 heteroatoms. The molecule has 1 amide bonds. The Kier molecular flexibility index (Phi) is 4.79. The summed E-state index contributed by atoms with van der Waals surface area (Å²) in [4.78, 5) is 15.2. The molecule has 2 aliphatic rings. The van der Waals surface area contributed by atoms with Crippen molar-refractivity contribution in [3.63, 3.8) is 0 Å². The van der Waals surface area contributed by atoms with E-state index < -0.39 is 15.3 Å². The van der Waals surface area contributed by atoms with Crippen molar-refractivity contribution in [3.05, 3.63) is 47.8 Å². The van der Waals surface area contributed by atoms with Gasteiger partial charge < -0.3 is 5.32 Å². The maximum Gasteiger partial charge on any atom is 0.235 e. The van der Waals surface area contributed by atoms with E-state index in [0.717, 1.165) is 42.7 Å². The first-order valence-electron chi connectivity index (χ1n) is 9.61. The molecule has 0 aliphatic carbocycles. The minimum atomic E-state index is -3.00. The minimum absolute atomic E-state index is 0.0886. The highest BCUT2D eigenvalue weighted by Gasteiger charge is 2.50. The molecule has 2 unspecified atom stereocenters. The largest absolute Gasteiger partial charge is 0.325 e. The Bertz CT molecular complexity index is 1000. The number of likely N-dealkylation sites (tertiary alicyclic amines) is 1. The maximum absolute atomic E-state index is 12.8. The monoisotopic (exact) mass is 402 g/mol. The highest BCUT2D eigenvalue weighted by Crippen LogP contribution is 2.46. The van der Waals surface area contributed by atoms with Crippen molar-refractivity contribution in [3.8, 4) is 0 Å². The molecule has 1 saturated heterocycles. The van der Waals surface area contributed by atoms with Crippen molar-refractivity contribution in [2.24, 2.45) is 0 Å². The summed E-state index contributed by atoms with van der Waals surface area (Å²) >= 11 is 0. The third-order valence-corrected chi connectivity index (χ3v) is 6.91. The number of carbonyl (C=O) groups is 1. The van der Waals surface area contributed by atoms with Gasteiger partial charge in [0.2, 0.25) is 5.91 Å². The fourth-order valence-corrected chi connectivity index (χ4v) is 4.97. The molecule has 1 aromatic carbocycles. The second-order valence-electron chi connectivity index (χ2n) is 8.10. The molecular weight excluding hydrogens is 376 g/mol. The number of para-hydroxylation sites is 1. The number of rotatable bonds is 5. The number of carbonyl (C=O) groups excluding carboxylic acids is 1. The Morgan fingerprint density at radius 2 is 2.11 bits per heavy atom. The molecule has 7 nitrogen and oxygen atoms in total. The highest BCUT2D eigenvalue weighted by atomic mass is 32.2. The molecule has 2 aliphatic heterocycles. The number of anilines is 1. The van der Waals surface area contributed by atoms with Gasteiger partial charge >= 0.3 is 0 Å². The van der Waals surface area contributed by atoms with E-state index >= 15 is 0 Å². The molecule has 2 atom stereocenters. The number of hydrogen-bond donors (Lipinski definition) is 1. The van der Waals surface area contributed by atoms with Gasteiger partial charge in [0.15, 0.2) is 0 Å². The van der Waals surface area contributed by atoms with Gasteiger partial charge in [0.1, 0.15) is 9.84 Å². The van der Waals surface area contributed by atoms with Crippen molar-refractivity contribution in [1.82, 2.24) is 14.7 Å². The van der Waals surface area contributed by atoms with Crippen LogP contribution in [0.3, 0.4) is 0 Å². The fourth-order valence-electron chi connectivity index (χ4n) is 4.45. The lowest BCUT2D eigenvalue weighted by Gasteiger charge is -2.42. The number of fused-ring (bicyclic) bond motifs is 2. The summed E-state index contributed by atoms with van der Waals surface area (Å²) in [7, 11) is -3.00. The lowest BCUT2D eigenvalue weighted by molar-refractivity contribution is -0.123. The number of nitrogens with zero attached hydrogens (tertiary/aromatic N) is 3. The second-order valence-corrected chi connectivity index (χ2v) is 10.4. The number of sulfone groups is 1. The van der Waals surface area contributed by atoms with Crippen LogP contribution in [0.15, 0.2) is 36.7 Å². The van der Waals surface area contributed by atoms with Crippen molar-refractivity contribution in [2.75, 3.05) is 23.9 Å². The number of amides is 1. The average Bonchev–Trinajstić information content (AvgIpc) is 3.19. The van der Waals surface area contributed by atoms with Gasteiger partial charge in [-0.1, -0.05) is 18.2 Å². The van der Waals surface area contributed by atoms with Crippen LogP contribution in [0.5, 0.6) is 0 Å². The van der Waals surface area contributed by atoms with E-state index in [1.165, 1.54) is 6.26 Å². The van der Waals surface area contributed by atoms with Crippen LogP contribution in [0, 0.1) is 0 Å². The summed E-state index contributed by atoms with van der Waals surface area (Å²) in [5.41, 5.74) is 2.71. The Morgan fingerprint density at radius 3 is 2.86 bits per heavy atom. The zero-order valence-electron chi connectivity index (χ0n) is 16.3. The summed E-state index contributed by atoms with van der Waals surface area (Å²) in [6.45, 7) is 4.12. The van der Waals surface area contributed by atoms with Crippen LogP contribution < -0.4 is 5.32 Å². The van der Waals surface area contributed by atoms with Gasteiger partial charge in [-0.25, -0.2) is 8.42 Å². The minimum Gasteiger partial charge on any atom is -0.325 e. The predicted octanol–water partition coefficient (Wildman–Crippen LogP) is 1.80. The first-order valence-corrected chi connectivity index (χ1v) is 11.7. The molecule has 0 bridgehead atoms. The summed E-state index contributed by atoms with van der Waals surface area (Å²) in [5, 5.41) is 7.34. The van der Waals surface area contributed by atoms with E-state index in [1.807, 2.05) is 24.4 Å². The predicted molar refractivity (Wildman–Crippen MR) is 108 cm³/mol. The lowest BCUT2D eigenvalue weighted by Crippen LogP contribution is -2.50. The summed E-state index contributed by atoms with van der Waals surface area (Å²) in [6.07, 6.45) is 6.54. The van der Waals surface area contributed by atoms with Crippen LogP contribution >= 0.6 is 0 Å². The quantitative estimate of drug-likeness (QED) is 0.824. The number of aryl methyl sites for hydroxylation is 1. The number of benzene rings is 1. The van der Waals surface area contributed by atoms with Crippen molar-refractivity contribution < 1.29 is 13.2 Å². The molecule has 150 valence electrons. The average molecular weight is 403 g/mol. The molecule has 1 N–H and O–H groups in total. The molecule has 2 aromatic rings. The lowest BCUT2D eigenvalue weighted by atomic mass is 9.71. The number of aromatic nitrogens is 2. The van der Waals surface area contributed by atoms with Gasteiger partial charge in [0.05, 0.1) is 23.9 Å². The van der Waals surface area contributed by atoms with E-state index in [0.29, 0.717) is 6.54 Å². The van der Waals surface area contributed by atoms with E-state index in [2.05, 4.69) is 28.3 Å². The number of hydrogen-bond acceptors (Lipinski definition) is 5. The highest BCUT2D eigenvalue weighted by molar-refractivity contribution is 7.90. The molecule has 4 rings (SSSR count). The number of nitrogens with one attached hydrogen (secondary N) is 1. The topological polar surface area (TPSA) is 84.3 Å². The van der Waals surface area contributed by atoms with Gasteiger partial charge in [-0.3, -0.25) is 14.4 Å². The van der Waals surface area contributed by atoms with E-state index in [-0.39, 0.29) is 17.7 Å². The van der Waals surface area contributed by atoms with Gasteiger partial charge in [0.25, 0.3) is 0 Å². The van der Waals surface area contributed by atoms with Gasteiger partial charge in [-0.15, -0.1) is 0 Å². The molecule has 1 fully saturated rings. The molecule has 1 aromatic heterocycles. The van der Waals surface area contributed by atoms with Crippen LogP contribution in [0.2, 0.25) is 0 Å². The third kappa shape index (κ3) is 3.58. The van der Waals surface area contributed by atoms with Crippen LogP contribution in [-0.2, 0) is 33.1 Å². The Labute approximate surface area is 165 Å². The normalized spacial score (nSPS) is 25.1. The van der Waals surface area contributed by atoms with Crippen molar-refractivity contribution in [1.29, 1.82) is 0 Å². The maximum atomic E-state index is 12.8. The zero-order chi connectivity index (χ0) is 19.9. The molecule has 3 heterocycles. The van der Waals surface area contributed by atoms with Gasteiger partial charge in [0, 0.05) is 42.8 Å². The summed E-state index contributed by atoms with van der Waals surface area (Å²) < 4.78 is 24.3. The zero-order valence-corrected chi connectivity index (χ0v) is 17.1. The van der Waals surface area contributed by atoms with E-state index in [1.54, 1.807) is 10.9 Å². The second kappa shape index (κ2) is 7.00. The first-order chi connectivity index (χ1) is 13.3. The van der Waals surface area contributed by atoms with E-state index in [9.17, 15) is 13.2 Å². The van der Waals surface area contributed by atoms with E-state index in [4.69, 9.17) is 0 Å². The van der Waals surface area contributed by atoms with Crippen molar-refractivity contribution in [2.45, 2.75) is 44.3 Å². The Balaban J connectivity index is 1.43. The van der Waals surface area contributed by atoms with Crippen LogP contribution in [0.25, 0.3) is 0 Å². The molecule has 28 heavy (non-hydrogen) atoms. The van der Waals surface area contributed by atoms with Crippen LogP contribution in [-0.4, -0.2) is 53.6 Å². The molecule has 0 radical (unpaired) electrons. The van der Waals surface area contributed by atoms with Crippen LogP contribution in [0.1, 0.15) is 30.9 Å². The Morgan fingerprint density at radius 1 is 1.32 bits per heavy atom.